The van der Waals surface area contributed by atoms with E-state index in [0.29, 0.717) is 22.9 Å². The predicted molar refractivity (Wildman–Crippen MR) is 90.5 cm³/mol. The van der Waals surface area contributed by atoms with E-state index in [1.807, 2.05) is 0 Å². The molecule has 2 heterocycles. The molecule has 0 saturated carbocycles. The predicted octanol–water partition coefficient (Wildman–Crippen LogP) is 2.67. The average molecular weight is 383 g/mol. The van der Waals surface area contributed by atoms with Gasteiger partial charge in [-0.25, -0.2) is 4.68 Å². The summed E-state index contributed by atoms with van der Waals surface area (Å²) < 4.78 is 16.7. The van der Waals surface area contributed by atoms with Gasteiger partial charge in [0.25, 0.3) is 5.56 Å². The molecule has 0 aliphatic rings. The van der Waals surface area contributed by atoms with Crippen molar-refractivity contribution in [3.8, 4) is 22.9 Å². The molecule has 0 unspecified atom stereocenters. The van der Waals surface area contributed by atoms with Crippen LogP contribution in [0.25, 0.3) is 11.4 Å². The first-order valence-corrected chi connectivity index (χ1v) is 7.75. The Balaban J connectivity index is 1.91. The van der Waals surface area contributed by atoms with E-state index in [1.165, 1.54) is 13.3 Å². The van der Waals surface area contributed by atoms with Crippen LogP contribution in [0.5, 0.6) is 11.5 Å². The molecule has 0 aliphatic carbocycles. The summed E-state index contributed by atoms with van der Waals surface area (Å²) >= 11 is 11.6. The number of rotatable bonds is 5. The smallest absolute Gasteiger partial charge is 0.287 e. The van der Waals surface area contributed by atoms with Gasteiger partial charge in [0.05, 0.1) is 31.0 Å². The number of hydrogen-bond acceptors (Lipinski definition) is 7. The van der Waals surface area contributed by atoms with Crippen molar-refractivity contribution >= 4 is 23.2 Å². The molecule has 0 spiro atoms. The van der Waals surface area contributed by atoms with Crippen molar-refractivity contribution in [3.63, 3.8) is 0 Å². The fraction of sp³-hybridized carbons (Fsp3) is 0.200. The zero-order valence-electron chi connectivity index (χ0n) is 13.2. The minimum atomic E-state index is -0.545. The zero-order valence-corrected chi connectivity index (χ0v) is 14.7. The van der Waals surface area contributed by atoms with Gasteiger partial charge < -0.3 is 14.0 Å². The van der Waals surface area contributed by atoms with Crippen molar-refractivity contribution in [2.75, 3.05) is 14.2 Å². The maximum absolute atomic E-state index is 12.0. The summed E-state index contributed by atoms with van der Waals surface area (Å²) in [5.74, 6) is 1.65. The zero-order chi connectivity index (χ0) is 18.0. The third kappa shape index (κ3) is 3.45. The van der Waals surface area contributed by atoms with Crippen molar-refractivity contribution in [2.45, 2.75) is 6.54 Å². The molecule has 0 bridgehead atoms. The van der Waals surface area contributed by atoms with Gasteiger partial charge >= 0.3 is 0 Å². The Morgan fingerprint density at radius 1 is 1.24 bits per heavy atom. The normalized spacial score (nSPS) is 10.7. The van der Waals surface area contributed by atoms with Gasteiger partial charge in [0.15, 0.2) is 0 Å². The summed E-state index contributed by atoms with van der Waals surface area (Å²) in [5, 5.41) is 7.76. The Bertz CT molecular complexity index is 970. The molecule has 130 valence electrons. The molecule has 25 heavy (non-hydrogen) atoms. The number of halogens is 2. The summed E-state index contributed by atoms with van der Waals surface area (Å²) in [6.45, 7) is -0.0405. The molecule has 1 aromatic carbocycles. The maximum atomic E-state index is 12.0. The van der Waals surface area contributed by atoms with Gasteiger partial charge in [-0.1, -0.05) is 28.4 Å². The topological polar surface area (TPSA) is 92.3 Å². The van der Waals surface area contributed by atoms with Crippen molar-refractivity contribution in [1.82, 2.24) is 19.9 Å². The first kappa shape index (κ1) is 17.2. The van der Waals surface area contributed by atoms with Gasteiger partial charge in [-0.15, -0.1) is 0 Å². The lowest BCUT2D eigenvalue weighted by Crippen LogP contribution is -2.23. The van der Waals surface area contributed by atoms with Crippen LogP contribution in [-0.4, -0.2) is 34.1 Å². The van der Waals surface area contributed by atoms with Crippen LogP contribution in [0.3, 0.4) is 0 Å². The summed E-state index contributed by atoms with van der Waals surface area (Å²) in [5.41, 5.74) is 0.0729. The lowest BCUT2D eigenvalue weighted by Gasteiger charge is -2.07. The number of ether oxygens (including phenoxy) is 2. The van der Waals surface area contributed by atoms with Crippen LogP contribution < -0.4 is 15.0 Å². The Morgan fingerprint density at radius 3 is 2.76 bits per heavy atom. The molecule has 3 aromatic rings. The lowest BCUT2D eigenvalue weighted by molar-refractivity contribution is 0.362. The molecule has 0 fully saturated rings. The Labute approximate surface area is 151 Å². The SMILES string of the molecule is COc1ccc(-c2noc(Cn3ncc(Cl)c(Cl)c3=O)n2)c(OC)c1. The van der Waals surface area contributed by atoms with E-state index in [1.54, 1.807) is 25.3 Å². The molecule has 10 heteroatoms. The van der Waals surface area contributed by atoms with Crippen molar-refractivity contribution in [2.24, 2.45) is 0 Å². The molecule has 2 aromatic heterocycles. The molecule has 0 saturated heterocycles. The molecule has 0 atom stereocenters. The Hall–Kier alpha value is -2.58. The summed E-state index contributed by atoms with van der Waals surface area (Å²) in [7, 11) is 3.08. The number of aromatic nitrogens is 4. The van der Waals surface area contributed by atoms with E-state index in [9.17, 15) is 4.79 Å². The van der Waals surface area contributed by atoms with Gasteiger partial charge in [0.2, 0.25) is 11.7 Å². The molecular formula is C15H12Cl2N4O4. The Morgan fingerprint density at radius 2 is 2.04 bits per heavy atom. The third-order valence-electron chi connectivity index (χ3n) is 3.35. The molecule has 0 aliphatic heterocycles. The quantitative estimate of drug-likeness (QED) is 0.669. The van der Waals surface area contributed by atoms with Crippen LogP contribution >= 0.6 is 23.2 Å². The van der Waals surface area contributed by atoms with Crippen LogP contribution in [0.15, 0.2) is 33.7 Å². The van der Waals surface area contributed by atoms with Crippen LogP contribution in [-0.2, 0) is 6.54 Å². The first-order chi connectivity index (χ1) is 12.0. The number of benzene rings is 1. The first-order valence-electron chi connectivity index (χ1n) is 6.99. The van der Waals surface area contributed by atoms with Crippen molar-refractivity contribution in [3.05, 3.63) is 50.7 Å². The van der Waals surface area contributed by atoms with E-state index in [-0.39, 0.29) is 22.5 Å². The van der Waals surface area contributed by atoms with Gasteiger partial charge in [0, 0.05) is 6.07 Å². The van der Waals surface area contributed by atoms with Gasteiger partial charge in [-0.3, -0.25) is 4.79 Å². The summed E-state index contributed by atoms with van der Waals surface area (Å²) in [6, 6.07) is 5.20. The molecular weight excluding hydrogens is 371 g/mol. The van der Waals surface area contributed by atoms with Crippen LogP contribution in [0.2, 0.25) is 10.0 Å². The monoisotopic (exact) mass is 382 g/mol. The Kier molecular flexibility index (Phi) is 4.91. The minimum Gasteiger partial charge on any atom is -0.497 e. The second kappa shape index (κ2) is 7.12. The van der Waals surface area contributed by atoms with Gasteiger partial charge in [-0.2, -0.15) is 10.1 Å². The minimum absolute atomic E-state index is 0.0405. The number of hydrogen-bond donors (Lipinski definition) is 0. The van der Waals surface area contributed by atoms with E-state index in [4.69, 9.17) is 37.2 Å². The second-order valence-corrected chi connectivity index (χ2v) is 5.63. The van der Waals surface area contributed by atoms with Crippen LogP contribution in [0, 0.1) is 0 Å². The van der Waals surface area contributed by atoms with E-state index < -0.39 is 5.56 Å². The van der Waals surface area contributed by atoms with Crippen LogP contribution in [0.4, 0.5) is 0 Å². The summed E-state index contributed by atoms with van der Waals surface area (Å²) in [4.78, 5) is 16.3. The average Bonchev–Trinajstić information content (AvgIpc) is 3.10. The highest BCUT2D eigenvalue weighted by Crippen LogP contribution is 2.31. The summed E-state index contributed by atoms with van der Waals surface area (Å²) in [6.07, 6.45) is 1.27. The molecule has 0 radical (unpaired) electrons. The number of nitrogens with zero attached hydrogens (tertiary/aromatic N) is 4. The largest absolute Gasteiger partial charge is 0.497 e. The fourth-order valence-corrected chi connectivity index (χ4v) is 2.37. The van der Waals surface area contributed by atoms with E-state index in [0.717, 1.165) is 4.68 Å². The third-order valence-corrected chi connectivity index (χ3v) is 4.09. The maximum Gasteiger partial charge on any atom is 0.287 e. The highest BCUT2D eigenvalue weighted by atomic mass is 35.5. The lowest BCUT2D eigenvalue weighted by atomic mass is 10.2. The van der Waals surface area contributed by atoms with Crippen molar-refractivity contribution < 1.29 is 14.0 Å². The highest BCUT2D eigenvalue weighted by Gasteiger charge is 2.16. The molecule has 8 nitrogen and oxygen atoms in total. The molecule has 0 N–H and O–H groups in total. The highest BCUT2D eigenvalue weighted by molar-refractivity contribution is 6.41. The van der Waals surface area contributed by atoms with Crippen LogP contribution in [0.1, 0.15) is 5.89 Å². The van der Waals surface area contributed by atoms with Gasteiger partial charge in [-0.05, 0) is 12.1 Å². The van der Waals surface area contributed by atoms with E-state index in [2.05, 4.69) is 15.2 Å². The molecule has 0 amide bonds. The molecule has 3 rings (SSSR count). The van der Waals surface area contributed by atoms with E-state index >= 15 is 0 Å². The fourth-order valence-electron chi connectivity index (χ4n) is 2.10. The second-order valence-electron chi connectivity index (χ2n) is 4.85. The van der Waals surface area contributed by atoms with Crippen molar-refractivity contribution in [1.29, 1.82) is 0 Å². The van der Waals surface area contributed by atoms with Gasteiger partial charge in [0.1, 0.15) is 23.1 Å². The number of methoxy groups -OCH3 is 2. The standard InChI is InChI=1S/C15H12Cl2N4O4/c1-23-8-3-4-9(11(5-8)24-2)14-19-12(25-20-14)7-21-15(22)13(17)10(16)6-18-21/h3-6H,7H2,1-2H3.